The Kier molecular flexibility index (Phi) is 6.09. The maximum Gasteiger partial charge on any atom is 0.282 e. The van der Waals surface area contributed by atoms with E-state index in [1.165, 1.54) is 4.90 Å². The van der Waals surface area contributed by atoms with Crippen molar-refractivity contribution in [3.05, 3.63) is 64.9 Å². The van der Waals surface area contributed by atoms with Crippen molar-refractivity contribution in [3.63, 3.8) is 0 Å². The number of aryl methyl sites for hydroxylation is 1. The van der Waals surface area contributed by atoms with Gasteiger partial charge in [-0.15, -0.1) is 0 Å². The van der Waals surface area contributed by atoms with E-state index < -0.39 is 0 Å². The smallest absolute Gasteiger partial charge is 0.282 e. The molecule has 5 heteroatoms. The highest BCUT2D eigenvalue weighted by Crippen LogP contribution is 2.38. The van der Waals surface area contributed by atoms with Crippen LogP contribution in [-0.4, -0.2) is 36.4 Å². The van der Waals surface area contributed by atoms with Crippen LogP contribution in [0, 0.1) is 25.7 Å². The Morgan fingerprint density at radius 3 is 2.22 bits per heavy atom. The molecule has 0 aromatic heterocycles. The summed E-state index contributed by atoms with van der Waals surface area (Å²) < 4.78 is 5.57. The van der Waals surface area contributed by atoms with E-state index in [1.54, 1.807) is 0 Å². The fourth-order valence-electron chi connectivity index (χ4n) is 5.00. The molecule has 2 aliphatic rings. The number of piperidine rings is 1. The predicted octanol–water partition coefficient (Wildman–Crippen LogP) is 4.96. The average Bonchev–Trinajstić information content (AvgIpc) is 3.00. The molecule has 168 valence electrons. The zero-order chi connectivity index (χ0) is 23.0. The molecule has 2 aliphatic heterocycles. The van der Waals surface area contributed by atoms with E-state index in [2.05, 4.69) is 18.7 Å². The van der Waals surface area contributed by atoms with Gasteiger partial charge in [0.15, 0.2) is 0 Å². The van der Waals surface area contributed by atoms with Gasteiger partial charge in [-0.3, -0.25) is 9.59 Å². The van der Waals surface area contributed by atoms with Crippen LogP contribution in [0.2, 0.25) is 0 Å². The number of imide groups is 1. The van der Waals surface area contributed by atoms with E-state index in [1.807, 2.05) is 63.2 Å². The normalized spacial score (nSPS) is 21.5. The van der Waals surface area contributed by atoms with Crippen molar-refractivity contribution in [3.8, 4) is 5.75 Å². The number of hydrogen-bond donors (Lipinski definition) is 0. The van der Waals surface area contributed by atoms with Crippen molar-refractivity contribution < 1.29 is 14.3 Å². The summed E-state index contributed by atoms with van der Waals surface area (Å²) in [5.41, 5.74) is 4.43. The van der Waals surface area contributed by atoms with Crippen molar-refractivity contribution in [1.29, 1.82) is 0 Å². The fourth-order valence-corrected chi connectivity index (χ4v) is 5.00. The van der Waals surface area contributed by atoms with Gasteiger partial charge < -0.3 is 9.64 Å². The summed E-state index contributed by atoms with van der Waals surface area (Å²) in [7, 11) is 0. The molecule has 1 saturated heterocycles. The monoisotopic (exact) mass is 432 g/mol. The van der Waals surface area contributed by atoms with Crippen molar-refractivity contribution >= 4 is 23.1 Å². The van der Waals surface area contributed by atoms with Crippen LogP contribution in [0.1, 0.15) is 43.9 Å². The molecule has 0 spiro atoms. The lowest BCUT2D eigenvalue weighted by Gasteiger charge is -2.37. The summed E-state index contributed by atoms with van der Waals surface area (Å²) in [5.74, 6) is 1.19. The molecule has 0 radical (unpaired) electrons. The van der Waals surface area contributed by atoms with Gasteiger partial charge in [-0.1, -0.05) is 38.1 Å². The van der Waals surface area contributed by atoms with E-state index in [0.717, 1.165) is 42.0 Å². The molecule has 2 aromatic carbocycles. The number of likely N-dealkylation sites (tertiary alicyclic amines) is 1. The van der Waals surface area contributed by atoms with E-state index in [9.17, 15) is 9.59 Å². The number of carbonyl (C=O) groups excluding carboxylic acids is 2. The molecule has 2 amide bonds. The Morgan fingerprint density at radius 2 is 1.59 bits per heavy atom. The number of hydrogen-bond acceptors (Lipinski definition) is 4. The number of rotatable bonds is 5. The first-order chi connectivity index (χ1) is 15.3. The second-order valence-corrected chi connectivity index (χ2v) is 9.20. The zero-order valence-electron chi connectivity index (χ0n) is 19.6. The van der Waals surface area contributed by atoms with Crippen molar-refractivity contribution in [2.75, 3.05) is 24.6 Å². The van der Waals surface area contributed by atoms with Crippen LogP contribution in [0.15, 0.2) is 48.2 Å². The summed E-state index contributed by atoms with van der Waals surface area (Å²) in [6.07, 6.45) is 1.13. The minimum Gasteiger partial charge on any atom is -0.494 e. The highest BCUT2D eigenvalue weighted by atomic mass is 16.5. The first kappa shape index (κ1) is 22.1. The minimum atomic E-state index is -0.256. The Labute approximate surface area is 190 Å². The Balaban J connectivity index is 1.83. The number of anilines is 1. The largest absolute Gasteiger partial charge is 0.494 e. The molecular formula is C27H32N2O3. The van der Waals surface area contributed by atoms with Crippen LogP contribution in [-0.2, 0) is 9.59 Å². The van der Waals surface area contributed by atoms with E-state index in [4.69, 9.17) is 4.74 Å². The maximum atomic E-state index is 13.8. The summed E-state index contributed by atoms with van der Waals surface area (Å²) in [4.78, 5) is 31.1. The molecule has 2 unspecified atom stereocenters. The molecule has 4 rings (SSSR count). The molecule has 2 aromatic rings. The summed E-state index contributed by atoms with van der Waals surface area (Å²) in [5, 5.41) is 0. The third-order valence-corrected chi connectivity index (χ3v) is 6.52. The lowest BCUT2D eigenvalue weighted by molar-refractivity contribution is -0.120. The average molecular weight is 433 g/mol. The number of nitrogens with zero attached hydrogens (tertiary/aromatic N) is 2. The van der Waals surface area contributed by atoms with Gasteiger partial charge in [-0.25, -0.2) is 4.90 Å². The van der Waals surface area contributed by atoms with E-state index >= 15 is 0 Å². The van der Waals surface area contributed by atoms with Crippen LogP contribution in [0.5, 0.6) is 5.75 Å². The van der Waals surface area contributed by atoms with Gasteiger partial charge >= 0.3 is 0 Å². The number of carbonyl (C=O) groups is 2. The second kappa shape index (κ2) is 8.81. The first-order valence-electron chi connectivity index (χ1n) is 11.5. The van der Waals surface area contributed by atoms with Gasteiger partial charge in [0.1, 0.15) is 11.4 Å². The summed E-state index contributed by atoms with van der Waals surface area (Å²) in [6.45, 7) is 12.5. The Hall–Kier alpha value is -3.08. The molecule has 0 saturated carbocycles. The molecule has 0 bridgehead atoms. The topological polar surface area (TPSA) is 49.9 Å². The van der Waals surface area contributed by atoms with Gasteiger partial charge in [0.2, 0.25) is 0 Å². The summed E-state index contributed by atoms with van der Waals surface area (Å²) >= 11 is 0. The van der Waals surface area contributed by atoms with Crippen molar-refractivity contribution in [2.24, 2.45) is 11.8 Å². The molecule has 0 N–H and O–H groups in total. The van der Waals surface area contributed by atoms with Gasteiger partial charge in [-0.05, 0) is 73.9 Å². The third-order valence-electron chi connectivity index (χ3n) is 6.52. The van der Waals surface area contributed by atoms with Crippen LogP contribution < -0.4 is 9.64 Å². The van der Waals surface area contributed by atoms with Gasteiger partial charge in [0, 0.05) is 13.1 Å². The molecule has 1 fully saturated rings. The SMILES string of the molecule is CCOc1ccc(C2=C(N3CC(C)CC(C)C3)C(=O)N(c3cccc(C)c3C)C2=O)cc1. The van der Waals surface area contributed by atoms with Crippen molar-refractivity contribution in [1.82, 2.24) is 4.90 Å². The number of amides is 2. The third kappa shape index (κ3) is 3.92. The molecule has 5 nitrogen and oxygen atoms in total. The quantitative estimate of drug-likeness (QED) is 0.627. The van der Waals surface area contributed by atoms with Crippen LogP contribution in [0.25, 0.3) is 5.57 Å². The standard InChI is InChI=1S/C27H32N2O3/c1-6-32-22-12-10-21(11-13-22)24-25(28-15-17(2)14-18(3)16-28)27(31)29(26(24)30)23-9-7-8-19(4)20(23)5/h7-13,17-18H,6,14-16H2,1-5H3. The zero-order valence-corrected chi connectivity index (χ0v) is 19.6. The molecule has 2 heterocycles. The van der Waals surface area contributed by atoms with E-state index in [-0.39, 0.29) is 11.8 Å². The van der Waals surface area contributed by atoms with Gasteiger partial charge in [-0.2, -0.15) is 0 Å². The van der Waals surface area contributed by atoms with Gasteiger partial charge in [0.05, 0.1) is 17.9 Å². The molecule has 0 aliphatic carbocycles. The van der Waals surface area contributed by atoms with Crippen LogP contribution >= 0.6 is 0 Å². The fraction of sp³-hybridized carbons (Fsp3) is 0.407. The predicted molar refractivity (Wildman–Crippen MR) is 127 cm³/mol. The lowest BCUT2D eigenvalue weighted by Crippen LogP contribution is -2.42. The van der Waals surface area contributed by atoms with E-state index in [0.29, 0.717) is 35.4 Å². The molecule has 32 heavy (non-hydrogen) atoms. The Bertz CT molecular complexity index is 1060. The second-order valence-electron chi connectivity index (χ2n) is 9.20. The highest BCUT2D eigenvalue weighted by Gasteiger charge is 2.44. The van der Waals surface area contributed by atoms with Crippen LogP contribution in [0.4, 0.5) is 5.69 Å². The number of benzene rings is 2. The van der Waals surface area contributed by atoms with Crippen molar-refractivity contribution in [2.45, 2.75) is 41.0 Å². The van der Waals surface area contributed by atoms with Crippen LogP contribution in [0.3, 0.4) is 0 Å². The maximum absolute atomic E-state index is 13.8. The summed E-state index contributed by atoms with van der Waals surface area (Å²) in [6, 6.07) is 13.3. The number of ether oxygens (including phenoxy) is 1. The Morgan fingerprint density at radius 1 is 0.938 bits per heavy atom. The lowest BCUT2D eigenvalue weighted by atomic mass is 9.91. The highest BCUT2D eigenvalue weighted by molar-refractivity contribution is 6.45. The first-order valence-corrected chi connectivity index (χ1v) is 11.5. The van der Waals surface area contributed by atoms with Gasteiger partial charge in [0.25, 0.3) is 11.8 Å². The molecular weight excluding hydrogens is 400 g/mol. The minimum absolute atomic E-state index is 0.228. The molecule has 2 atom stereocenters.